The molecule has 43 heavy (non-hydrogen) atoms. The van der Waals surface area contributed by atoms with Crippen molar-refractivity contribution >= 4 is 24.2 Å². The van der Waals surface area contributed by atoms with E-state index in [1.165, 1.54) is 0 Å². The lowest BCUT2D eigenvalue weighted by atomic mass is 9.76. The Morgan fingerprint density at radius 1 is 0.535 bits per heavy atom. The fourth-order valence-corrected chi connectivity index (χ4v) is 5.75. The van der Waals surface area contributed by atoms with Gasteiger partial charge < -0.3 is 9.47 Å². The van der Waals surface area contributed by atoms with Crippen LogP contribution in [0.3, 0.4) is 0 Å². The molecule has 10 nitrogen and oxygen atoms in total. The molecular formula is C33H40O10. The van der Waals surface area contributed by atoms with Crippen LogP contribution in [0, 0.1) is 11.8 Å². The highest BCUT2D eigenvalue weighted by molar-refractivity contribution is 5.89. The number of hydrogen-bond donors (Lipinski definition) is 0. The molecule has 2 aromatic rings. The summed E-state index contributed by atoms with van der Waals surface area (Å²) < 4.78 is 10.7. The fourth-order valence-electron chi connectivity index (χ4n) is 5.75. The second-order valence-electron chi connectivity index (χ2n) is 11.3. The van der Waals surface area contributed by atoms with E-state index in [2.05, 4.69) is 19.6 Å². The van der Waals surface area contributed by atoms with Crippen LogP contribution < -0.4 is 0 Å². The highest BCUT2D eigenvalue weighted by atomic mass is 17.2. The first-order valence-electron chi connectivity index (χ1n) is 15.2. The molecule has 0 N–H and O–H groups in total. The first-order chi connectivity index (χ1) is 20.8. The molecule has 0 amide bonds. The molecule has 10 heteroatoms. The Morgan fingerprint density at radius 3 is 1.21 bits per heavy atom. The monoisotopic (exact) mass is 596 g/mol. The van der Waals surface area contributed by atoms with Crippen LogP contribution in [0.15, 0.2) is 48.5 Å². The molecule has 0 heterocycles. The second-order valence-corrected chi connectivity index (χ2v) is 11.3. The summed E-state index contributed by atoms with van der Waals surface area (Å²) in [5.41, 5.74) is 2.76. The van der Waals surface area contributed by atoms with Crippen molar-refractivity contribution in [2.75, 3.05) is 0 Å². The first-order valence-corrected chi connectivity index (χ1v) is 15.2. The highest BCUT2D eigenvalue weighted by Crippen LogP contribution is 2.36. The van der Waals surface area contributed by atoms with E-state index in [1.807, 2.05) is 38.1 Å². The van der Waals surface area contributed by atoms with Crippen molar-refractivity contribution in [1.29, 1.82) is 0 Å². The fraction of sp³-hybridized carbons (Fsp3) is 0.515. The van der Waals surface area contributed by atoms with Crippen LogP contribution in [0.2, 0.25) is 0 Å². The summed E-state index contributed by atoms with van der Waals surface area (Å²) in [5.74, 6) is -0.453. The zero-order valence-electron chi connectivity index (χ0n) is 24.8. The van der Waals surface area contributed by atoms with Gasteiger partial charge in [0.1, 0.15) is 12.2 Å². The van der Waals surface area contributed by atoms with Crippen molar-refractivity contribution < 1.29 is 48.2 Å². The number of carbonyl (C=O) groups is 4. The largest absolute Gasteiger partial charge is 0.550 e. The van der Waals surface area contributed by atoms with Gasteiger partial charge in [0, 0.05) is 0 Å². The average Bonchev–Trinajstić information content (AvgIpc) is 3.04. The molecule has 2 saturated carbocycles. The van der Waals surface area contributed by atoms with Gasteiger partial charge in [0.2, 0.25) is 0 Å². The van der Waals surface area contributed by atoms with Crippen LogP contribution in [0.25, 0.3) is 0 Å². The first kappa shape index (κ1) is 31.8. The van der Waals surface area contributed by atoms with Crippen LogP contribution in [0.4, 0.5) is 9.59 Å². The average molecular weight is 597 g/mol. The van der Waals surface area contributed by atoms with Gasteiger partial charge in [-0.15, -0.1) is 0 Å². The normalized spacial score (nSPS) is 21.6. The van der Waals surface area contributed by atoms with Crippen molar-refractivity contribution in [3.63, 3.8) is 0 Å². The summed E-state index contributed by atoms with van der Waals surface area (Å²) in [6.45, 7) is 4.03. The maximum absolute atomic E-state index is 12.1. The van der Waals surface area contributed by atoms with Crippen molar-refractivity contribution in [2.24, 2.45) is 11.8 Å². The van der Waals surface area contributed by atoms with E-state index in [4.69, 9.17) is 9.47 Å². The molecule has 4 rings (SSSR count). The van der Waals surface area contributed by atoms with Crippen LogP contribution in [0.1, 0.15) is 103 Å². The van der Waals surface area contributed by atoms with E-state index in [9.17, 15) is 19.2 Å². The molecule has 0 radical (unpaired) electrons. The lowest BCUT2D eigenvalue weighted by Gasteiger charge is -2.33. The van der Waals surface area contributed by atoms with Crippen molar-refractivity contribution in [3.8, 4) is 0 Å². The maximum Gasteiger partial charge on any atom is 0.550 e. The summed E-state index contributed by atoms with van der Waals surface area (Å²) in [5, 5.41) is 0. The molecule has 0 aliphatic heterocycles. The van der Waals surface area contributed by atoms with Crippen LogP contribution in [0.5, 0.6) is 0 Å². The Hall–Kier alpha value is -4.08. The molecule has 2 aliphatic rings. The Balaban J connectivity index is 1.06. The predicted octanol–water partition coefficient (Wildman–Crippen LogP) is 7.47. The minimum atomic E-state index is -1.01. The van der Waals surface area contributed by atoms with E-state index in [-0.39, 0.29) is 12.2 Å². The van der Waals surface area contributed by atoms with E-state index < -0.39 is 24.2 Å². The van der Waals surface area contributed by atoms with E-state index in [0.29, 0.717) is 23.0 Å². The third kappa shape index (κ3) is 10.0. The summed E-state index contributed by atoms with van der Waals surface area (Å²) in [6.07, 6.45) is 6.79. The van der Waals surface area contributed by atoms with Gasteiger partial charge in [0.05, 0.1) is 11.1 Å². The Kier molecular flexibility index (Phi) is 11.8. The number of ether oxygens (including phenoxy) is 2. The van der Waals surface area contributed by atoms with E-state index in [0.717, 1.165) is 81.8 Å². The molecule has 2 aliphatic carbocycles. The summed E-state index contributed by atoms with van der Waals surface area (Å²) >= 11 is 0. The third-order valence-corrected chi connectivity index (χ3v) is 8.35. The molecule has 0 atom stereocenters. The number of aryl methyl sites for hydroxylation is 2. The van der Waals surface area contributed by atoms with Crippen molar-refractivity contribution in [2.45, 2.75) is 96.7 Å². The molecule has 0 bridgehead atoms. The molecule has 0 spiro atoms. The molecule has 2 aromatic carbocycles. The number of rotatable bonds is 8. The topological polar surface area (TPSA) is 124 Å². The van der Waals surface area contributed by atoms with Gasteiger partial charge in [-0.05, 0) is 118 Å². The van der Waals surface area contributed by atoms with Gasteiger partial charge in [0.15, 0.2) is 0 Å². The van der Waals surface area contributed by atoms with Gasteiger partial charge in [-0.1, -0.05) is 38.1 Å². The smallest absolute Gasteiger partial charge is 0.428 e. The van der Waals surface area contributed by atoms with Gasteiger partial charge in [-0.2, -0.15) is 9.59 Å². The Labute approximate surface area is 251 Å². The zero-order chi connectivity index (χ0) is 30.6. The molecule has 0 unspecified atom stereocenters. The minimum Gasteiger partial charge on any atom is -0.428 e. The molecular weight excluding hydrogens is 556 g/mol. The second kappa shape index (κ2) is 16.0. The van der Waals surface area contributed by atoms with Gasteiger partial charge in [0.25, 0.3) is 0 Å². The third-order valence-electron chi connectivity index (χ3n) is 8.35. The van der Waals surface area contributed by atoms with Gasteiger partial charge in [-0.3, -0.25) is 0 Å². The quantitative estimate of drug-likeness (QED) is 0.172. The SMILES string of the molecule is CCc1ccc(C(=O)OOC(=O)OC2CCC(CC3CCC(OC(=O)OOC(=O)c4ccc(CC)cc4)CC3)CC2)cc1. The minimum absolute atomic E-state index is 0.272. The predicted molar refractivity (Wildman–Crippen MR) is 154 cm³/mol. The van der Waals surface area contributed by atoms with Crippen LogP contribution in [-0.2, 0) is 41.9 Å². The Bertz CT molecular complexity index is 1110. The molecule has 2 fully saturated rings. The molecule has 0 saturated heterocycles. The number of hydrogen-bond acceptors (Lipinski definition) is 10. The molecule has 232 valence electrons. The van der Waals surface area contributed by atoms with Gasteiger partial charge >= 0.3 is 24.2 Å². The Morgan fingerprint density at radius 2 is 0.884 bits per heavy atom. The highest BCUT2D eigenvalue weighted by Gasteiger charge is 2.30. The lowest BCUT2D eigenvalue weighted by Crippen LogP contribution is -2.28. The van der Waals surface area contributed by atoms with Crippen molar-refractivity contribution in [3.05, 3.63) is 70.8 Å². The summed E-state index contributed by atoms with van der Waals surface area (Å²) in [4.78, 5) is 66.6. The summed E-state index contributed by atoms with van der Waals surface area (Å²) in [7, 11) is 0. The summed E-state index contributed by atoms with van der Waals surface area (Å²) in [6, 6.07) is 13.8. The number of carbonyl (C=O) groups excluding carboxylic acids is 4. The van der Waals surface area contributed by atoms with Gasteiger partial charge in [-0.25, -0.2) is 29.1 Å². The zero-order valence-corrected chi connectivity index (χ0v) is 24.8. The van der Waals surface area contributed by atoms with Crippen molar-refractivity contribution in [1.82, 2.24) is 0 Å². The standard InChI is InChI=1S/C33H40O10/c1-3-22-5-13-26(14-6-22)30(34)40-42-32(36)38-28-17-9-24(10-18-28)21-25-11-19-29(20-12-25)39-33(37)43-41-31(35)27-15-7-23(4-2)8-16-27/h5-8,13-16,24-25,28-29H,3-4,9-12,17-21H2,1-2H3. The van der Waals surface area contributed by atoms with Crippen LogP contribution in [-0.4, -0.2) is 36.5 Å². The molecule has 0 aromatic heterocycles. The lowest BCUT2D eigenvalue weighted by molar-refractivity contribution is -0.208. The maximum atomic E-state index is 12.1. The number of benzene rings is 2. The van der Waals surface area contributed by atoms with E-state index >= 15 is 0 Å². The van der Waals surface area contributed by atoms with Crippen LogP contribution >= 0.6 is 0 Å². The van der Waals surface area contributed by atoms with E-state index in [1.54, 1.807) is 24.3 Å².